The van der Waals surface area contributed by atoms with Gasteiger partial charge in [0.1, 0.15) is 0 Å². The summed E-state index contributed by atoms with van der Waals surface area (Å²) in [4.78, 5) is 0. The fourth-order valence-corrected chi connectivity index (χ4v) is 4.13. The Morgan fingerprint density at radius 2 is 1.52 bits per heavy atom. The number of hydrogen-bond acceptors (Lipinski definition) is 0. The first-order valence-corrected chi connectivity index (χ1v) is 9.55. The summed E-state index contributed by atoms with van der Waals surface area (Å²) < 4.78 is 0. The quantitative estimate of drug-likeness (QED) is 0.536. The lowest BCUT2D eigenvalue weighted by molar-refractivity contribution is 0.332. The second kappa shape index (κ2) is 6.16. The van der Waals surface area contributed by atoms with Gasteiger partial charge in [0.15, 0.2) is 0 Å². The molecule has 1 aliphatic carbocycles. The van der Waals surface area contributed by atoms with Gasteiger partial charge in [0.2, 0.25) is 0 Å². The Bertz CT molecular complexity index is 831. The van der Waals surface area contributed by atoms with Crippen LogP contribution in [0.1, 0.15) is 76.6 Å². The summed E-state index contributed by atoms with van der Waals surface area (Å²) in [5, 5.41) is 0. The normalized spacial score (nSPS) is 18.8. The molecular formula is C25H32. The lowest BCUT2D eigenvalue weighted by Gasteiger charge is -2.42. The Morgan fingerprint density at radius 1 is 0.920 bits per heavy atom. The van der Waals surface area contributed by atoms with Gasteiger partial charge in [-0.05, 0) is 89.5 Å². The topological polar surface area (TPSA) is 0 Å². The summed E-state index contributed by atoms with van der Waals surface area (Å²) in [6.07, 6.45) is 4.71. The van der Waals surface area contributed by atoms with Crippen LogP contribution in [-0.2, 0) is 10.8 Å². The van der Waals surface area contributed by atoms with Crippen LogP contribution in [0.5, 0.6) is 0 Å². The Hall–Kier alpha value is -1.82. The zero-order valence-electron chi connectivity index (χ0n) is 17.0. The maximum absolute atomic E-state index is 2.48. The van der Waals surface area contributed by atoms with E-state index in [4.69, 9.17) is 0 Å². The van der Waals surface area contributed by atoms with E-state index in [2.05, 4.69) is 90.9 Å². The van der Waals surface area contributed by atoms with E-state index in [0.717, 1.165) is 0 Å². The number of hydrogen-bond donors (Lipinski definition) is 0. The highest BCUT2D eigenvalue weighted by Crippen LogP contribution is 2.47. The fraction of sp³-hybridized carbons (Fsp3) is 0.440. The minimum absolute atomic E-state index is 0.254. The molecule has 2 aromatic carbocycles. The maximum Gasteiger partial charge on any atom is -0.0100 e. The number of allylic oxidation sites excluding steroid dienone is 2. The molecule has 0 nitrogen and oxygen atoms in total. The molecule has 3 rings (SSSR count). The molecule has 0 saturated heterocycles. The van der Waals surface area contributed by atoms with Crippen molar-refractivity contribution in [1.82, 2.24) is 0 Å². The molecule has 0 heteroatoms. The van der Waals surface area contributed by atoms with Crippen molar-refractivity contribution in [1.29, 1.82) is 0 Å². The molecule has 0 atom stereocenters. The molecule has 2 aromatic rings. The average molecular weight is 333 g/mol. The van der Waals surface area contributed by atoms with Crippen LogP contribution < -0.4 is 0 Å². The summed E-state index contributed by atoms with van der Waals surface area (Å²) >= 11 is 0. The van der Waals surface area contributed by atoms with Crippen LogP contribution in [0.25, 0.3) is 16.7 Å². The summed E-state index contributed by atoms with van der Waals surface area (Å²) in [6, 6.07) is 13.9. The Morgan fingerprint density at radius 3 is 2.12 bits per heavy atom. The fourth-order valence-electron chi connectivity index (χ4n) is 4.13. The molecule has 0 bridgehead atoms. The standard InChI is InChI=1S/C25H32/c1-8-17(2)19-10-9-11-20(15-19)21-16-23-22(14-18(21)3)24(4,5)12-13-25(23,6)7/h8-11,14-16H,12-13H2,1-7H3. The van der Waals surface area contributed by atoms with Gasteiger partial charge in [-0.2, -0.15) is 0 Å². The first-order chi connectivity index (χ1) is 11.7. The lowest BCUT2D eigenvalue weighted by atomic mass is 9.62. The van der Waals surface area contributed by atoms with E-state index in [9.17, 15) is 0 Å². The Kier molecular flexibility index (Phi) is 4.43. The van der Waals surface area contributed by atoms with Crippen LogP contribution in [0.3, 0.4) is 0 Å². The molecule has 0 aromatic heterocycles. The van der Waals surface area contributed by atoms with Crippen molar-refractivity contribution in [2.24, 2.45) is 0 Å². The Balaban J connectivity index is 2.20. The molecule has 0 N–H and O–H groups in total. The Labute approximate surface area is 154 Å². The van der Waals surface area contributed by atoms with Gasteiger partial charge in [-0.15, -0.1) is 0 Å². The molecule has 0 spiro atoms. The van der Waals surface area contributed by atoms with Gasteiger partial charge in [0.05, 0.1) is 0 Å². The van der Waals surface area contributed by atoms with Gasteiger partial charge in [-0.3, -0.25) is 0 Å². The SMILES string of the molecule is CC=C(C)c1cccc(-c2cc3c(cc2C)C(C)(C)CCC3(C)C)c1. The van der Waals surface area contributed by atoms with Crippen molar-refractivity contribution < 1.29 is 0 Å². The monoisotopic (exact) mass is 332 g/mol. The van der Waals surface area contributed by atoms with Gasteiger partial charge in [0, 0.05) is 0 Å². The van der Waals surface area contributed by atoms with Gasteiger partial charge < -0.3 is 0 Å². The predicted molar refractivity (Wildman–Crippen MR) is 111 cm³/mol. The first kappa shape index (κ1) is 18.0. The van der Waals surface area contributed by atoms with E-state index >= 15 is 0 Å². The van der Waals surface area contributed by atoms with Crippen molar-refractivity contribution >= 4 is 5.57 Å². The van der Waals surface area contributed by atoms with E-state index < -0.39 is 0 Å². The van der Waals surface area contributed by atoms with E-state index in [1.165, 1.54) is 46.2 Å². The van der Waals surface area contributed by atoms with Crippen LogP contribution in [0.2, 0.25) is 0 Å². The van der Waals surface area contributed by atoms with Gasteiger partial charge in [0.25, 0.3) is 0 Å². The third kappa shape index (κ3) is 3.19. The van der Waals surface area contributed by atoms with Gasteiger partial charge in [-0.1, -0.05) is 64.1 Å². The van der Waals surface area contributed by atoms with Crippen molar-refractivity contribution in [2.75, 3.05) is 0 Å². The van der Waals surface area contributed by atoms with Crippen molar-refractivity contribution in [3.05, 3.63) is 64.7 Å². The smallest absolute Gasteiger partial charge is 0.0100 e. The zero-order chi connectivity index (χ0) is 18.4. The summed E-state index contributed by atoms with van der Waals surface area (Å²) in [6.45, 7) is 16.2. The molecule has 0 saturated carbocycles. The van der Waals surface area contributed by atoms with Crippen LogP contribution in [0, 0.1) is 6.92 Å². The molecular weight excluding hydrogens is 300 g/mol. The highest BCUT2D eigenvalue weighted by Gasteiger charge is 2.37. The van der Waals surface area contributed by atoms with Crippen molar-refractivity contribution in [2.45, 2.75) is 72.1 Å². The second-order valence-corrected chi connectivity index (χ2v) is 9.03. The van der Waals surface area contributed by atoms with Crippen molar-refractivity contribution in [3.8, 4) is 11.1 Å². The minimum atomic E-state index is 0.254. The van der Waals surface area contributed by atoms with E-state index in [0.29, 0.717) is 0 Å². The molecule has 1 aliphatic rings. The lowest BCUT2D eigenvalue weighted by Crippen LogP contribution is -2.34. The largest absolute Gasteiger partial charge is 0.0841 e. The highest BCUT2D eigenvalue weighted by molar-refractivity contribution is 5.75. The van der Waals surface area contributed by atoms with Crippen molar-refractivity contribution in [3.63, 3.8) is 0 Å². The molecule has 0 unspecified atom stereocenters. The molecule has 0 fully saturated rings. The minimum Gasteiger partial charge on any atom is -0.0841 e. The predicted octanol–water partition coefficient (Wildman–Crippen LogP) is 7.43. The van der Waals surface area contributed by atoms with Crippen LogP contribution in [0.4, 0.5) is 0 Å². The van der Waals surface area contributed by atoms with E-state index in [1.807, 2.05) is 0 Å². The molecule has 25 heavy (non-hydrogen) atoms. The number of benzene rings is 2. The molecule has 0 amide bonds. The summed E-state index contributed by atoms with van der Waals surface area (Å²) in [7, 11) is 0. The van der Waals surface area contributed by atoms with Gasteiger partial charge >= 0.3 is 0 Å². The van der Waals surface area contributed by atoms with Crippen LogP contribution >= 0.6 is 0 Å². The summed E-state index contributed by atoms with van der Waals surface area (Å²) in [5.74, 6) is 0. The molecule has 0 heterocycles. The number of aryl methyl sites for hydroxylation is 1. The molecule has 0 aliphatic heterocycles. The van der Waals surface area contributed by atoms with Crippen LogP contribution in [-0.4, -0.2) is 0 Å². The van der Waals surface area contributed by atoms with E-state index in [-0.39, 0.29) is 10.8 Å². The van der Waals surface area contributed by atoms with Crippen LogP contribution in [0.15, 0.2) is 42.5 Å². The summed E-state index contributed by atoms with van der Waals surface area (Å²) in [5.41, 5.74) is 10.4. The number of fused-ring (bicyclic) bond motifs is 1. The third-order valence-corrected chi connectivity index (χ3v) is 6.26. The molecule has 0 radical (unpaired) electrons. The van der Waals surface area contributed by atoms with E-state index in [1.54, 1.807) is 5.56 Å². The number of rotatable bonds is 2. The first-order valence-electron chi connectivity index (χ1n) is 9.55. The van der Waals surface area contributed by atoms with Gasteiger partial charge in [-0.25, -0.2) is 0 Å². The molecule has 132 valence electrons. The average Bonchev–Trinajstić information content (AvgIpc) is 2.58. The maximum atomic E-state index is 2.48. The zero-order valence-corrected chi connectivity index (χ0v) is 17.0. The second-order valence-electron chi connectivity index (χ2n) is 9.03. The highest BCUT2D eigenvalue weighted by atomic mass is 14.4. The third-order valence-electron chi connectivity index (χ3n) is 6.26.